The zero-order valence-corrected chi connectivity index (χ0v) is 13.3. The first-order chi connectivity index (χ1) is 11.2. The summed E-state index contributed by atoms with van der Waals surface area (Å²) in [6.45, 7) is 3.73. The van der Waals surface area contributed by atoms with Crippen LogP contribution in [0.2, 0.25) is 0 Å². The third kappa shape index (κ3) is 2.06. The molecule has 0 saturated carbocycles. The predicted octanol–water partition coefficient (Wildman–Crippen LogP) is 3.82. The minimum atomic E-state index is -1.98. The lowest BCUT2D eigenvalue weighted by atomic mass is 9.82. The van der Waals surface area contributed by atoms with E-state index in [0.717, 1.165) is 17.3 Å². The Hall–Kier alpha value is -2.63. The summed E-state index contributed by atoms with van der Waals surface area (Å²) in [5.41, 5.74) is 0.938. The molecule has 1 heterocycles. The van der Waals surface area contributed by atoms with E-state index in [1.807, 2.05) is 38.1 Å². The van der Waals surface area contributed by atoms with Crippen molar-refractivity contribution in [1.29, 1.82) is 0 Å². The van der Waals surface area contributed by atoms with Gasteiger partial charge in [-0.1, -0.05) is 32.0 Å². The minimum Gasteiger partial charge on any atom is -0.347 e. The summed E-state index contributed by atoms with van der Waals surface area (Å²) in [4.78, 5) is 25.0. The van der Waals surface area contributed by atoms with Gasteiger partial charge < -0.3 is 4.90 Å². The van der Waals surface area contributed by atoms with Gasteiger partial charge in [0.05, 0.1) is 5.57 Å². The van der Waals surface area contributed by atoms with Gasteiger partial charge in [0, 0.05) is 23.8 Å². The van der Waals surface area contributed by atoms with Crippen molar-refractivity contribution in [3.63, 3.8) is 0 Å². The largest absolute Gasteiger partial charge is 0.347 e. The summed E-state index contributed by atoms with van der Waals surface area (Å²) in [5.74, 6) is -8.62. The molecule has 0 spiro atoms. The quantitative estimate of drug-likeness (QED) is 0.733. The Labute approximate surface area is 136 Å². The van der Waals surface area contributed by atoms with Crippen LogP contribution in [-0.2, 0) is 15.0 Å². The summed E-state index contributed by atoms with van der Waals surface area (Å²) >= 11 is 0. The Balaban J connectivity index is 2.17. The molecule has 6 heteroatoms. The van der Waals surface area contributed by atoms with E-state index in [1.165, 1.54) is 0 Å². The van der Waals surface area contributed by atoms with E-state index in [1.54, 1.807) is 11.9 Å². The van der Waals surface area contributed by atoms with Gasteiger partial charge in [-0.15, -0.1) is 0 Å². The van der Waals surface area contributed by atoms with E-state index in [4.69, 9.17) is 0 Å². The van der Waals surface area contributed by atoms with Gasteiger partial charge in [0.15, 0.2) is 5.83 Å². The molecule has 0 atom stereocenters. The highest BCUT2D eigenvalue weighted by molar-refractivity contribution is 6.23. The highest BCUT2D eigenvalue weighted by Gasteiger charge is 2.41. The number of anilines is 1. The number of carbonyl (C=O) groups excluding carboxylic acids is 2. The van der Waals surface area contributed by atoms with Crippen LogP contribution < -0.4 is 4.90 Å². The first kappa shape index (κ1) is 16.2. The first-order valence-corrected chi connectivity index (χ1v) is 7.27. The smallest absolute Gasteiger partial charge is 0.253 e. The Morgan fingerprint density at radius 3 is 2.17 bits per heavy atom. The molecule has 0 N–H and O–H groups in total. The molecule has 1 aliphatic carbocycles. The second-order valence-electron chi connectivity index (χ2n) is 6.24. The monoisotopic (exact) mass is 333 g/mol. The molecule has 1 aromatic carbocycles. The third-order valence-corrected chi connectivity index (χ3v) is 4.49. The number of halogens is 3. The summed E-state index contributed by atoms with van der Waals surface area (Å²) in [5, 5.41) is 0. The van der Waals surface area contributed by atoms with Crippen molar-refractivity contribution in [3.8, 4) is 0 Å². The molecule has 0 aromatic heterocycles. The van der Waals surface area contributed by atoms with E-state index in [2.05, 4.69) is 0 Å². The van der Waals surface area contributed by atoms with Gasteiger partial charge in [-0.25, -0.2) is 4.39 Å². The first-order valence-electron chi connectivity index (χ1n) is 7.27. The summed E-state index contributed by atoms with van der Waals surface area (Å²) < 4.78 is 40.9. The minimum absolute atomic E-state index is 0.505. The molecule has 1 aliphatic heterocycles. The van der Waals surface area contributed by atoms with Crippen molar-refractivity contribution in [2.24, 2.45) is 0 Å². The zero-order chi connectivity index (χ0) is 17.8. The molecular formula is C18H14F3NO2. The molecule has 24 heavy (non-hydrogen) atoms. The van der Waals surface area contributed by atoms with Crippen LogP contribution >= 0.6 is 0 Å². The number of ketones is 2. The fourth-order valence-corrected chi connectivity index (χ4v) is 3.16. The van der Waals surface area contributed by atoms with Crippen LogP contribution in [-0.4, -0.2) is 18.6 Å². The standard InChI is InChI=1S/C18H14F3NO2/c1-18(2)10-6-4-5-7-11(10)22(3)12(18)8-9-13(19)17(24)15(21)14(20)16(9)23/h4-8H,1-3H3. The van der Waals surface area contributed by atoms with Crippen molar-refractivity contribution < 1.29 is 22.8 Å². The fraction of sp³-hybridized carbons (Fsp3) is 0.222. The SMILES string of the molecule is CN1C(=CC2=C(F)C(=O)C(F)=C(F)C2=O)C(C)(C)c2ccccc21. The molecule has 2 aliphatic rings. The van der Waals surface area contributed by atoms with Crippen molar-refractivity contribution in [2.75, 3.05) is 11.9 Å². The molecule has 1 aromatic rings. The maximum absolute atomic E-state index is 14.1. The lowest BCUT2D eigenvalue weighted by Crippen LogP contribution is -2.25. The van der Waals surface area contributed by atoms with Crippen molar-refractivity contribution in [3.05, 3.63) is 64.7 Å². The van der Waals surface area contributed by atoms with Crippen LogP contribution in [0.25, 0.3) is 0 Å². The number of likely N-dealkylation sites (N-methyl/N-ethyl adjacent to an activating group) is 1. The Morgan fingerprint density at radius 2 is 1.54 bits per heavy atom. The van der Waals surface area contributed by atoms with Crippen molar-refractivity contribution >= 4 is 17.3 Å². The molecular weight excluding hydrogens is 319 g/mol. The number of benzene rings is 1. The van der Waals surface area contributed by atoms with Crippen molar-refractivity contribution in [1.82, 2.24) is 0 Å². The van der Waals surface area contributed by atoms with Gasteiger partial charge in [-0.05, 0) is 17.7 Å². The van der Waals surface area contributed by atoms with E-state index in [-0.39, 0.29) is 0 Å². The van der Waals surface area contributed by atoms with Crippen LogP contribution in [0.1, 0.15) is 19.4 Å². The van der Waals surface area contributed by atoms with Crippen LogP contribution in [0.3, 0.4) is 0 Å². The van der Waals surface area contributed by atoms with Crippen LogP contribution in [0, 0.1) is 0 Å². The predicted molar refractivity (Wildman–Crippen MR) is 83.3 cm³/mol. The maximum atomic E-state index is 14.1. The number of para-hydroxylation sites is 1. The second-order valence-corrected chi connectivity index (χ2v) is 6.24. The Bertz CT molecular complexity index is 878. The number of fused-ring (bicyclic) bond motifs is 1. The zero-order valence-electron chi connectivity index (χ0n) is 13.3. The molecule has 3 nitrogen and oxygen atoms in total. The third-order valence-electron chi connectivity index (χ3n) is 4.49. The van der Waals surface area contributed by atoms with E-state index in [9.17, 15) is 22.8 Å². The van der Waals surface area contributed by atoms with Crippen molar-refractivity contribution in [2.45, 2.75) is 19.3 Å². The molecule has 0 radical (unpaired) electrons. The Kier molecular flexibility index (Phi) is 3.51. The number of hydrogen-bond donors (Lipinski definition) is 0. The van der Waals surface area contributed by atoms with E-state index >= 15 is 0 Å². The van der Waals surface area contributed by atoms with Gasteiger partial charge in [-0.3, -0.25) is 9.59 Å². The van der Waals surface area contributed by atoms with Crippen LogP contribution in [0.5, 0.6) is 0 Å². The van der Waals surface area contributed by atoms with Crippen LogP contribution in [0.15, 0.2) is 59.1 Å². The fourth-order valence-electron chi connectivity index (χ4n) is 3.16. The number of allylic oxidation sites excluding steroid dienone is 6. The molecule has 3 rings (SSSR count). The number of nitrogens with zero attached hydrogens (tertiary/aromatic N) is 1. The molecule has 124 valence electrons. The van der Waals surface area contributed by atoms with E-state index < -0.39 is 40.0 Å². The summed E-state index contributed by atoms with van der Waals surface area (Å²) in [6, 6.07) is 7.44. The van der Waals surface area contributed by atoms with Gasteiger partial charge in [0.25, 0.3) is 5.78 Å². The molecule has 0 fully saturated rings. The lowest BCUT2D eigenvalue weighted by molar-refractivity contribution is -0.119. The van der Waals surface area contributed by atoms with Gasteiger partial charge in [-0.2, -0.15) is 8.78 Å². The normalized spacial score (nSPS) is 21.9. The van der Waals surface area contributed by atoms with E-state index in [0.29, 0.717) is 5.70 Å². The van der Waals surface area contributed by atoms with Crippen LogP contribution in [0.4, 0.5) is 18.9 Å². The average molecular weight is 333 g/mol. The number of Topliss-reactive ketones (excluding diaryl/α,β-unsaturated/α-hetero) is 2. The summed E-state index contributed by atoms with van der Waals surface area (Å²) in [6.07, 6.45) is 1.13. The number of carbonyl (C=O) groups is 2. The molecule has 0 amide bonds. The highest BCUT2D eigenvalue weighted by atomic mass is 19.2. The maximum Gasteiger partial charge on any atom is 0.253 e. The van der Waals surface area contributed by atoms with Gasteiger partial charge in [0.1, 0.15) is 0 Å². The Morgan fingerprint density at radius 1 is 0.958 bits per heavy atom. The topological polar surface area (TPSA) is 37.4 Å². The number of rotatable bonds is 1. The molecule has 0 unspecified atom stereocenters. The highest BCUT2D eigenvalue weighted by Crippen LogP contribution is 2.47. The van der Waals surface area contributed by atoms with Gasteiger partial charge >= 0.3 is 0 Å². The van der Waals surface area contributed by atoms with Gasteiger partial charge in [0.2, 0.25) is 17.4 Å². The lowest BCUT2D eigenvalue weighted by Gasteiger charge is -2.25. The average Bonchev–Trinajstić information content (AvgIpc) is 2.75. The second kappa shape index (κ2) is 5.19. The molecule has 0 saturated heterocycles. The number of hydrogen-bond acceptors (Lipinski definition) is 3. The molecule has 0 bridgehead atoms. The summed E-state index contributed by atoms with van der Waals surface area (Å²) in [7, 11) is 1.72.